The van der Waals surface area contributed by atoms with Gasteiger partial charge < -0.3 is 23.7 Å². The molecule has 0 aromatic heterocycles. The van der Waals surface area contributed by atoms with Crippen molar-refractivity contribution in [3.05, 3.63) is 52.5 Å². The van der Waals surface area contributed by atoms with E-state index in [1.165, 1.54) is 57.1 Å². The fourth-order valence-corrected chi connectivity index (χ4v) is 7.10. The van der Waals surface area contributed by atoms with E-state index in [9.17, 15) is 18.8 Å². The molecule has 1 aliphatic heterocycles. The summed E-state index contributed by atoms with van der Waals surface area (Å²) in [6, 6.07) is 4.56. The molecule has 180 valence electrons. The van der Waals surface area contributed by atoms with Crippen molar-refractivity contribution >= 4 is 16.2 Å². The van der Waals surface area contributed by atoms with Gasteiger partial charge in [0, 0.05) is 24.7 Å². The lowest BCUT2D eigenvalue weighted by atomic mass is 9.83. The maximum atomic E-state index is 14.0. The van der Waals surface area contributed by atoms with Crippen LogP contribution in [-0.2, 0) is 14.8 Å². The Morgan fingerprint density at radius 2 is 1.94 bits per heavy atom. The Balaban J connectivity index is 1.51. The van der Waals surface area contributed by atoms with Gasteiger partial charge in [-0.1, -0.05) is 25.3 Å². The number of aliphatic hydroxyl groups is 2. The molecule has 33 heavy (non-hydrogen) atoms. The zero-order valence-corrected chi connectivity index (χ0v) is 20.1. The lowest BCUT2D eigenvalue weighted by Crippen LogP contribution is -2.38. The van der Waals surface area contributed by atoms with E-state index in [0.29, 0.717) is 12.3 Å². The molecule has 2 saturated carbocycles. The average Bonchev–Trinajstić information content (AvgIpc) is 3.63. The summed E-state index contributed by atoms with van der Waals surface area (Å²) in [7, 11) is -1.34. The molecule has 1 aromatic carbocycles. The van der Waals surface area contributed by atoms with Crippen LogP contribution in [0.3, 0.4) is 0 Å². The Morgan fingerprint density at radius 1 is 1.18 bits per heavy atom. The van der Waals surface area contributed by atoms with E-state index in [-0.39, 0.29) is 16.9 Å². The predicted octanol–water partition coefficient (Wildman–Crippen LogP) is 5.06. The number of halogens is 1. The molecular formula is C26H34FN2O3S-. The van der Waals surface area contributed by atoms with Crippen LogP contribution in [0, 0.1) is 17.7 Å². The Bertz CT molecular complexity index is 1050. The summed E-state index contributed by atoms with van der Waals surface area (Å²) in [5.41, 5.74) is 3.76. The summed E-state index contributed by atoms with van der Waals surface area (Å²) in [4.78, 5) is 2.48. The van der Waals surface area contributed by atoms with Crippen LogP contribution in [0.5, 0.6) is 0 Å². The normalized spacial score (nSPS) is 27.3. The van der Waals surface area contributed by atoms with Gasteiger partial charge in [-0.05, 0) is 96.7 Å². The molecule has 1 aromatic rings. The third-order valence-corrected chi connectivity index (χ3v) is 9.18. The van der Waals surface area contributed by atoms with Crippen molar-refractivity contribution in [1.82, 2.24) is 4.90 Å². The lowest BCUT2D eigenvalue weighted by Gasteiger charge is -2.37. The molecule has 2 N–H and O–H groups in total. The predicted molar refractivity (Wildman–Crippen MR) is 128 cm³/mol. The van der Waals surface area contributed by atoms with E-state index in [2.05, 4.69) is 11.0 Å². The van der Waals surface area contributed by atoms with Crippen molar-refractivity contribution in [2.45, 2.75) is 75.9 Å². The van der Waals surface area contributed by atoms with Crippen molar-refractivity contribution in [3.63, 3.8) is 0 Å². The molecule has 2 atom stereocenters. The van der Waals surface area contributed by atoms with E-state index in [0.717, 1.165) is 41.4 Å². The van der Waals surface area contributed by atoms with Gasteiger partial charge in [0.2, 0.25) is 0 Å². The van der Waals surface area contributed by atoms with E-state index in [1.807, 2.05) is 6.92 Å². The fraction of sp³-hybridized carbons (Fsp3) is 0.615. The van der Waals surface area contributed by atoms with E-state index >= 15 is 0 Å². The number of nitrogens with zero attached hydrogens (tertiary/aromatic N) is 2. The highest BCUT2D eigenvalue weighted by molar-refractivity contribution is 7.75. The zero-order chi connectivity index (χ0) is 23.1. The average molecular weight is 474 g/mol. The summed E-state index contributed by atoms with van der Waals surface area (Å²) < 4.78 is 32.5. The molecule has 0 bridgehead atoms. The van der Waals surface area contributed by atoms with E-state index in [1.54, 1.807) is 6.07 Å². The van der Waals surface area contributed by atoms with Gasteiger partial charge >= 0.3 is 0 Å². The Labute approximate surface area is 197 Å². The summed E-state index contributed by atoms with van der Waals surface area (Å²) in [6.45, 7) is 3.91. The Kier molecular flexibility index (Phi) is 6.65. The molecule has 3 aliphatic carbocycles. The van der Waals surface area contributed by atoms with Crippen molar-refractivity contribution in [1.29, 1.82) is 0 Å². The molecule has 1 heterocycles. The fourth-order valence-electron chi connectivity index (χ4n) is 5.71. The number of allylic oxidation sites excluding steroid dienone is 3. The van der Waals surface area contributed by atoms with Gasteiger partial charge in [0.05, 0.1) is 0 Å². The molecule has 4 aliphatic rings. The van der Waals surface area contributed by atoms with Gasteiger partial charge in [-0.3, -0.25) is 0 Å². The van der Waals surface area contributed by atoms with Gasteiger partial charge in [0.1, 0.15) is 5.82 Å². The second-order valence-corrected chi connectivity index (χ2v) is 11.6. The molecule has 0 saturated heterocycles. The topological polar surface area (TPSA) is 73.1 Å². The highest BCUT2D eigenvalue weighted by atomic mass is 32.2. The molecule has 0 amide bonds. The zero-order valence-electron chi connectivity index (χ0n) is 19.3. The summed E-state index contributed by atoms with van der Waals surface area (Å²) in [6.07, 6.45) is 9.51. The summed E-state index contributed by atoms with van der Waals surface area (Å²) in [5, 5.41) is 18.9. The number of fused-ring (bicyclic) bond motifs is 1. The minimum atomic E-state index is -1.87. The maximum absolute atomic E-state index is 14.0. The highest BCUT2D eigenvalue weighted by Crippen LogP contribution is 2.41. The molecule has 2 fully saturated rings. The molecular weight excluding hydrogens is 439 g/mol. The van der Waals surface area contributed by atoms with Gasteiger partial charge in [-0.15, -0.1) is 0 Å². The Morgan fingerprint density at radius 3 is 2.64 bits per heavy atom. The van der Waals surface area contributed by atoms with Crippen LogP contribution in [0.25, 0.3) is 5.57 Å². The van der Waals surface area contributed by atoms with Crippen LogP contribution in [0.2, 0.25) is 0 Å². The van der Waals surface area contributed by atoms with Crippen LogP contribution in [0.4, 0.5) is 4.39 Å². The minimum absolute atomic E-state index is 0.113. The highest BCUT2D eigenvalue weighted by Gasteiger charge is 2.34. The molecule has 1 unspecified atom stereocenters. The Hall–Kier alpha value is -1.70. The van der Waals surface area contributed by atoms with Crippen LogP contribution in [-0.4, -0.2) is 39.5 Å². The van der Waals surface area contributed by atoms with Crippen LogP contribution in [0.15, 0.2) is 39.9 Å². The minimum Gasteiger partial charge on any atom is -0.444 e. The van der Waals surface area contributed by atoms with Crippen molar-refractivity contribution in [3.8, 4) is 0 Å². The number of hydrogen-bond acceptors (Lipinski definition) is 6. The van der Waals surface area contributed by atoms with Crippen LogP contribution >= 0.6 is 0 Å². The number of rotatable bonds is 5. The molecule has 7 heteroatoms. The van der Waals surface area contributed by atoms with Crippen LogP contribution in [0.1, 0.15) is 75.7 Å². The first-order valence-electron chi connectivity index (χ1n) is 12.3. The van der Waals surface area contributed by atoms with Gasteiger partial charge in [0.25, 0.3) is 0 Å². The molecule has 5 rings (SSSR count). The van der Waals surface area contributed by atoms with Crippen molar-refractivity contribution < 1.29 is 18.8 Å². The SMILES string of the molecule is CC1=C(c2ccc(F)c(C(O)O)c2)CC2C(=C1)N(CC1CC1)C[C@@H](C1CCCCC1)N=[S-]2=O. The first-order chi connectivity index (χ1) is 15.9. The third-order valence-electron chi connectivity index (χ3n) is 7.81. The quantitative estimate of drug-likeness (QED) is 0.463. The summed E-state index contributed by atoms with van der Waals surface area (Å²) in [5.74, 6) is 0.601. The first kappa shape index (κ1) is 23.1. The monoisotopic (exact) mass is 473 g/mol. The van der Waals surface area contributed by atoms with E-state index in [4.69, 9.17) is 4.36 Å². The second-order valence-electron chi connectivity index (χ2n) is 10.2. The standard InChI is InChI=1S/C26H34FN2O3S/c1-16-11-24-25(13-20(16)19-9-10-22(27)21(12-19)26(30)31)33(32)28-23(18-5-3-2-4-6-18)15-29(24)14-17-7-8-17/h9-12,17-18,23,25-26,30-31H,2-8,13-15H2,1H3/q-1/t23-,25?/m0/s1. The van der Waals surface area contributed by atoms with Crippen LogP contribution < -0.4 is 0 Å². The largest absolute Gasteiger partial charge is 0.444 e. The number of aliphatic hydroxyl groups excluding tert-OH is 1. The molecule has 5 nitrogen and oxygen atoms in total. The second kappa shape index (κ2) is 9.51. The first-order valence-corrected chi connectivity index (χ1v) is 13.5. The summed E-state index contributed by atoms with van der Waals surface area (Å²) >= 11 is 0. The number of hydrogen-bond donors (Lipinski definition) is 2. The van der Waals surface area contributed by atoms with Crippen molar-refractivity contribution in [2.24, 2.45) is 16.2 Å². The van der Waals surface area contributed by atoms with Gasteiger partial charge in [0.15, 0.2) is 6.29 Å². The van der Waals surface area contributed by atoms with Crippen molar-refractivity contribution in [2.75, 3.05) is 13.1 Å². The maximum Gasteiger partial charge on any atom is 0.181 e. The number of benzene rings is 1. The molecule has 0 spiro atoms. The smallest absolute Gasteiger partial charge is 0.181 e. The third kappa shape index (κ3) is 4.91. The molecule has 0 radical (unpaired) electrons. The van der Waals surface area contributed by atoms with Gasteiger partial charge in [-0.2, -0.15) is 10.6 Å². The van der Waals surface area contributed by atoms with Gasteiger partial charge in [-0.25, -0.2) is 4.39 Å². The van der Waals surface area contributed by atoms with E-state index < -0.39 is 22.7 Å². The lowest BCUT2D eigenvalue weighted by molar-refractivity contribution is -0.0449.